The van der Waals surface area contributed by atoms with Crippen LogP contribution in [-0.4, -0.2) is 24.7 Å². The minimum Gasteiger partial charge on any atom is -0.490 e. The van der Waals surface area contributed by atoms with Gasteiger partial charge in [-0.3, -0.25) is 0 Å². The summed E-state index contributed by atoms with van der Waals surface area (Å²) in [7, 11) is 0. The second-order valence-corrected chi connectivity index (χ2v) is 6.71. The van der Waals surface area contributed by atoms with E-state index in [2.05, 4.69) is 24.0 Å². The van der Waals surface area contributed by atoms with Crippen molar-refractivity contribution in [1.82, 2.24) is 4.98 Å². The number of aromatic nitrogens is 1. The number of nitrogens with two attached hydrogens (primary N) is 1. The molecule has 0 radical (unpaired) electrons. The Kier molecular flexibility index (Phi) is 6.42. The lowest BCUT2D eigenvalue weighted by Crippen LogP contribution is -2.15. The first-order chi connectivity index (χ1) is 11.1. The van der Waals surface area contributed by atoms with Gasteiger partial charge in [-0.25, -0.2) is 4.98 Å². The van der Waals surface area contributed by atoms with Crippen LogP contribution in [0.15, 0.2) is 18.2 Å². The number of thiazole rings is 1. The lowest BCUT2D eigenvalue weighted by molar-refractivity contribution is 0.287. The van der Waals surface area contributed by atoms with E-state index in [1.54, 1.807) is 11.3 Å². The molecule has 0 fully saturated rings. The molecule has 0 aliphatic heterocycles. The molecule has 1 unspecified atom stereocenters. The summed E-state index contributed by atoms with van der Waals surface area (Å²) in [5, 5.41) is 1.12. The lowest BCUT2D eigenvalue weighted by Gasteiger charge is -2.15. The molecular formula is C18H26N2O2S. The van der Waals surface area contributed by atoms with Crippen LogP contribution in [0.25, 0.3) is 0 Å². The van der Waals surface area contributed by atoms with Gasteiger partial charge in [0.2, 0.25) is 0 Å². The van der Waals surface area contributed by atoms with Gasteiger partial charge in [0, 0.05) is 17.3 Å². The first-order valence-corrected chi connectivity index (χ1v) is 8.93. The van der Waals surface area contributed by atoms with Gasteiger partial charge in [0.15, 0.2) is 11.5 Å². The number of rotatable bonds is 8. The molecule has 0 amide bonds. The molecule has 23 heavy (non-hydrogen) atoms. The van der Waals surface area contributed by atoms with Crippen LogP contribution in [0, 0.1) is 13.8 Å². The van der Waals surface area contributed by atoms with Crippen molar-refractivity contribution in [1.29, 1.82) is 0 Å². The highest BCUT2D eigenvalue weighted by atomic mass is 32.1. The summed E-state index contributed by atoms with van der Waals surface area (Å²) >= 11 is 1.74. The molecule has 2 N–H and O–H groups in total. The topological polar surface area (TPSA) is 57.4 Å². The fourth-order valence-corrected chi connectivity index (χ4v) is 3.49. The Hall–Kier alpha value is -1.59. The van der Waals surface area contributed by atoms with Gasteiger partial charge in [0.25, 0.3) is 0 Å². The van der Waals surface area contributed by atoms with E-state index in [0.717, 1.165) is 28.6 Å². The summed E-state index contributed by atoms with van der Waals surface area (Å²) in [6.07, 6.45) is 0.857. The Morgan fingerprint density at radius 1 is 1.13 bits per heavy atom. The highest BCUT2D eigenvalue weighted by Gasteiger charge is 2.17. The molecule has 0 spiro atoms. The maximum atomic E-state index is 6.00. The maximum Gasteiger partial charge on any atom is 0.161 e. The van der Waals surface area contributed by atoms with Crippen molar-refractivity contribution in [2.45, 2.75) is 40.0 Å². The largest absolute Gasteiger partial charge is 0.490 e. The van der Waals surface area contributed by atoms with Crippen LogP contribution in [0.3, 0.4) is 0 Å². The fraction of sp³-hybridized carbons (Fsp3) is 0.500. The molecule has 0 aliphatic carbocycles. The molecule has 5 heteroatoms. The van der Waals surface area contributed by atoms with Crippen LogP contribution in [0.2, 0.25) is 0 Å². The number of benzene rings is 1. The normalized spacial score (nSPS) is 12.2. The van der Waals surface area contributed by atoms with Gasteiger partial charge in [-0.15, -0.1) is 11.3 Å². The van der Waals surface area contributed by atoms with E-state index in [0.29, 0.717) is 19.8 Å². The second kappa shape index (κ2) is 8.31. The first kappa shape index (κ1) is 17.8. The van der Waals surface area contributed by atoms with Crippen molar-refractivity contribution in [3.63, 3.8) is 0 Å². The molecule has 0 bridgehead atoms. The van der Waals surface area contributed by atoms with E-state index in [1.165, 1.54) is 10.4 Å². The molecule has 4 nitrogen and oxygen atoms in total. The average Bonchev–Trinajstić information content (AvgIpc) is 2.87. The number of hydrogen-bond acceptors (Lipinski definition) is 5. The number of nitrogens with zero attached hydrogens (tertiary/aromatic N) is 1. The molecule has 1 heterocycles. The average molecular weight is 334 g/mol. The van der Waals surface area contributed by atoms with Crippen LogP contribution in [-0.2, 0) is 6.42 Å². The zero-order valence-corrected chi connectivity index (χ0v) is 15.2. The van der Waals surface area contributed by atoms with E-state index >= 15 is 0 Å². The molecule has 0 saturated heterocycles. The van der Waals surface area contributed by atoms with Crippen molar-refractivity contribution in [3.05, 3.63) is 39.3 Å². The maximum absolute atomic E-state index is 6.00. The van der Waals surface area contributed by atoms with Crippen LogP contribution in [0.1, 0.15) is 40.9 Å². The number of hydrogen-bond donors (Lipinski definition) is 1. The summed E-state index contributed by atoms with van der Waals surface area (Å²) in [5.41, 5.74) is 8.29. The SMILES string of the molecule is CCOc1ccc(CC(CN)c2nc(C)c(C)s2)cc1OCC. The second-order valence-electron chi connectivity index (χ2n) is 5.48. The van der Waals surface area contributed by atoms with E-state index in [-0.39, 0.29) is 5.92 Å². The summed E-state index contributed by atoms with van der Waals surface area (Å²) in [5.74, 6) is 1.83. The first-order valence-electron chi connectivity index (χ1n) is 8.11. The van der Waals surface area contributed by atoms with Crippen molar-refractivity contribution < 1.29 is 9.47 Å². The summed E-state index contributed by atoms with van der Waals surface area (Å²) in [6.45, 7) is 9.94. The van der Waals surface area contributed by atoms with Crippen molar-refractivity contribution in [2.75, 3.05) is 19.8 Å². The number of ether oxygens (including phenoxy) is 2. The molecule has 1 aromatic heterocycles. The Morgan fingerprint density at radius 2 is 1.83 bits per heavy atom. The highest BCUT2D eigenvalue weighted by Crippen LogP contribution is 2.32. The summed E-state index contributed by atoms with van der Waals surface area (Å²) < 4.78 is 11.3. The molecule has 2 aromatic rings. The highest BCUT2D eigenvalue weighted by molar-refractivity contribution is 7.11. The fourth-order valence-electron chi connectivity index (χ4n) is 2.45. The van der Waals surface area contributed by atoms with Gasteiger partial charge in [-0.1, -0.05) is 6.07 Å². The Labute approximate surface area is 142 Å². The molecular weight excluding hydrogens is 308 g/mol. The third-order valence-electron chi connectivity index (χ3n) is 3.77. The van der Waals surface area contributed by atoms with Gasteiger partial charge in [0.1, 0.15) is 0 Å². The zero-order valence-electron chi connectivity index (χ0n) is 14.4. The minimum atomic E-state index is 0.236. The number of aryl methyl sites for hydroxylation is 2. The molecule has 0 saturated carbocycles. The van der Waals surface area contributed by atoms with Gasteiger partial charge in [-0.2, -0.15) is 0 Å². The lowest BCUT2D eigenvalue weighted by atomic mass is 9.99. The predicted octanol–water partition coefficient (Wildman–Crippen LogP) is 3.84. The summed E-state index contributed by atoms with van der Waals surface area (Å²) in [6, 6.07) is 6.13. The Morgan fingerprint density at radius 3 is 2.39 bits per heavy atom. The van der Waals surface area contributed by atoms with Crippen molar-refractivity contribution in [3.8, 4) is 11.5 Å². The van der Waals surface area contributed by atoms with Gasteiger partial charge < -0.3 is 15.2 Å². The van der Waals surface area contributed by atoms with Crippen LogP contribution >= 0.6 is 11.3 Å². The van der Waals surface area contributed by atoms with E-state index in [4.69, 9.17) is 15.2 Å². The molecule has 126 valence electrons. The third-order valence-corrected chi connectivity index (χ3v) is 5.00. The standard InChI is InChI=1S/C18H26N2O2S/c1-5-21-16-8-7-14(10-17(16)22-6-2)9-15(11-19)18-20-12(3)13(4)23-18/h7-8,10,15H,5-6,9,11,19H2,1-4H3. The van der Waals surface area contributed by atoms with E-state index in [1.807, 2.05) is 26.8 Å². The van der Waals surface area contributed by atoms with E-state index < -0.39 is 0 Å². The predicted molar refractivity (Wildman–Crippen MR) is 95.9 cm³/mol. The molecule has 1 atom stereocenters. The van der Waals surface area contributed by atoms with Crippen LogP contribution in [0.4, 0.5) is 0 Å². The minimum absolute atomic E-state index is 0.236. The Bertz CT molecular complexity index is 620. The van der Waals surface area contributed by atoms with Crippen LogP contribution in [0.5, 0.6) is 11.5 Å². The van der Waals surface area contributed by atoms with Crippen molar-refractivity contribution >= 4 is 11.3 Å². The van der Waals surface area contributed by atoms with Gasteiger partial charge in [0.05, 0.1) is 23.9 Å². The zero-order chi connectivity index (χ0) is 16.8. The molecule has 1 aromatic carbocycles. The van der Waals surface area contributed by atoms with Gasteiger partial charge >= 0.3 is 0 Å². The summed E-state index contributed by atoms with van der Waals surface area (Å²) in [4.78, 5) is 5.93. The third kappa shape index (κ3) is 4.45. The van der Waals surface area contributed by atoms with Crippen molar-refractivity contribution in [2.24, 2.45) is 5.73 Å². The van der Waals surface area contributed by atoms with Crippen LogP contribution < -0.4 is 15.2 Å². The van der Waals surface area contributed by atoms with Gasteiger partial charge in [-0.05, 0) is 51.8 Å². The molecule has 0 aliphatic rings. The quantitative estimate of drug-likeness (QED) is 0.797. The van der Waals surface area contributed by atoms with E-state index in [9.17, 15) is 0 Å². The Balaban J connectivity index is 2.21. The monoisotopic (exact) mass is 334 g/mol. The molecule has 2 rings (SSSR count). The smallest absolute Gasteiger partial charge is 0.161 e.